The molecule has 0 aromatic carbocycles. The first-order valence-electron chi connectivity index (χ1n) is 3.44. The fourth-order valence-corrected chi connectivity index (χ4v) is 0.879. The Morgan fingerprint density at radius 3 is 2.64 bits per heavy atom. The minimum absolute atomic E-state index is 0.281. The summed E-state index contributed by atoms with van der Waals surface area (Å²) in [6.07, 6.45) is -1.39. The molecule has 1 aliphatic rings. The quantitative estimate of drug-likeness (QED) is 0.575. The molecule has 0 aliphatic carbocycles. The summed E-state index contributed by atoms with van der Waals surface area (Å²) in [6.45, 7) is 0.641. The largest absolute Gasteiger partial charge is 0.317 e. The van der Waals surface area contributed by atoms with Crippen LogP contribution in [0.25, 0.3) is 0 Å². The van der Waals surface area contributed by atoms with Crippen LogP contribution in [0.3, 0.4) is 0 Å². The summed E-state index contributed by atoms with van der Waals surface area (Å²) in [5.41, 5.74) is 0. The molecule has 0 atom stereocenters. The highest BCUT2D eigenvalue weighted by Gasteiger charge is 2.25. The number of alkyl halides is 2. The maximum atomic E-state index is 11.7. The normalized spacial score (nSPS) is 19.0. The summed E-state index contributed by atoms with van der Waals surface area (Å²) in [4.78, 5) is 15.3. The third kappa shape index (κ3) is 2.11. The zero-order valence-corrected chi connectivity index (χ0v) is 5.93. The Morgan fingerprint density at radius 1 is 1.45 bits per heavy atom. The van der Waals surface area contributed by atoms with Crippen LogP contribution >= 0.6 is 0 Å². The van der Waals surface area contributed by atoms with Gasteiger partial charge in [0.1, 0.15) is 0 Å². The summed E-state index contributed by atoms with van der Waals surface area (Å²) in [7, 11) is 0. The van der Waals surface area contributed by atoms with Crippen LogP contribution in [-0.2, 0) is 9.63 Å². The molecule has 0 aromatic heterocycles. The molecule has 0 bridgehead atoms. The van der Waals surface area contributed by atoms with Gasteiger partial charge in [0.15, 0.2) is 0 Å². The van der Waals surface area contributed by atoms with Crippen molar-refractivity contribution in [2.45, 2.75) is 19.3 Å². The average molecular weight is 165 g/mol. The number of hydroxylamine groups is 2. The molecule has 1 heterocycles. The predicted molar refractivity (Wildman–Crippen MR) is 32.9 cm³/mol. The third-order valence-corrected chi connectivity index (χ3v) is 1.44. The van der Waals surface area contributed by atoms with Crippen LogP contribution in [0.4, 0.5) is 8.78 Å². The number of carbonyl (C=O) groups excluding carboxylic acids is 1. The van der Waals surface area contributed by atoms with Crippen LogP contribution in [0, 0.1) is 0 Å². The highest BCUT2D eigenvalue weighted by molar-refractivity contribution is 5.78. The SMILES string of the molecule is O=C(C(F)F)N1CCCCO1. The van der Waals surface area contributed by atoms with E-state index in [1.807, 2.05) is 0 Å². The molecule has 5 heteroatoms. The van der Waals surface area contributed by atoms with Crippen LogP contribution in [0.1, 0.15) is 12.8 Å². The molecule has 1 saturated heterocycles. The van der Waals surface area contributed by atoms with Crippen molar-refractivity contribution in [3.05, 3.63) is 0 Å². The molecule has 0 N–H and O–H groups in total. The number of nitrogens with zero attached hydrogens (tertiary/aromatic N) is 1. The van der Waals surface area contributed by atoms with Gasteiger partial charge in [-0.3, -0.25) is 9.63 Å². The van der Waals surface area contributed by atoms with E-state index in [2.05, 4.69) is 0 Å². The number of rotatable bonds is 1. The lowest BCUT2D eigenvalue weighted by atomic mass is 10.3. The number of carbonyl (C=O) groups is 1. The first-order chi connectivity index (χ1) is 5.22. The second kappa shape index (κ2) is 3.61. The monoisotopic (exact) mass is 165 g/mol. The van der Waals surface area contributed by atoms with Crippen molar-refractivity contribution < 1.29 is 18.4 Å². The third-order valence-electron chi connectivity index (χ3n) is 1.44. The second-order valence-corrected chi connectivity index (χ2v) is 2.28. The summed E-state index contributed by atoms with van der Waals surface area (Å²) in [5, 5.41) is 0.744. The number of halogens is 2. The van der Waals surface area contributed by atoms with E-state index < -0.39 is 12.3 Å². The standard InChI is InChI=1S/C6H9F2NO2/c7-5(8)6(10)9-3-1-2-4-11-9/h5H,1-4H2. The Bertz CT molecular complexity index is 146. The molecular weight excluding hydrogens is 156 g/mol. The number of amides is 1. The van der Waals surface area contributed by atoms with E-state index in [0.29, 0.717) is 6.61 Å². The van der Waals surface area contributed by atoms with Crippen LogP contribution in [0.15, 0.2) is 0 Å². The lowest BCUT2D eigenvalue weighted by Crippen LogP contribution is -2.39. The first-order valence-corrected chi connectivity index (χ1v) is 3.44. The van der Waals surface area contributed by atoms with Crippen LogP contribution < -0.4 is 0 Å². The molecule has 1 aliphatic heterocycles. The van der Waals surface area contributed by atoms with E-state index in [-0.39, 0.29) is 6.54 Å². The Labute approximate surface area is 62.9 Å². The topological polar surface area (TPSA) is 29.5 Å². The number of hydrogen-bond donors (Lipinski definition) is 0. The first kappa shape index (κ1) is 8.39. The van der Waals surface area contributed by atoms with Gasteiger partial charge < -0.3 is 0 Å². The molecule has 3 nitrogen and oxygen atoms in total. The maximum absolute atomic E-state index is 11.7. The van der Waals surface area contributed by atoms with Gasteiger partial charge in [0, 0.05) is 6.54 Å². The zero-order valence-electron chi connectivity index (χ0n) is 5.93. The molecule has 1 amide bonds. The summed E-state index contributed by atoms with van der Waals surface area (Å²) < 4.78 is 23.5. The van der Waals surface area contributed by atoms with Gasteiger partial charge in [-0.05, 0) is 12.8 Å². The van der Waals surface area contributed by atoms with E-state index >= 15 is 0 Å². The highest BCUT2D eigenvalue weighted by atomic mass is 19.3. The summed E-state index contributed by atoms with van der Waals surface area (Å²) in [5.74, 6) is -1.23. The van der Waals surface area contributed by atoms with Crippen LogP contribution in [0.5, 0.6) is 0 Å². The van der Waals surface area contributed by atoms with E-state index in [0.717, 1.165) is 17.9 Å². The van der Waals surface area contributed by atoms with Gasteiger partial charge in [-0.2, -0.15) is 8.78 Å². The smallest absolute Gasteiger partial charge is 0.271 e. The molecule has 64 valence electrons. The molecule has 0 aromatic rings. The van der Waals surface area contributed by atoms with Gasteiger partial charge in [0.2, 0.25) is 0 Å². The van der Waals surface area contributed by atoms with Crippen molar-refractivity contribution in [3.8, 4) is 0 Å². The molecule has 0 saturated carbocycles. The van der Waals surface area contributed by atoms with Crippen molar-refractivity contribution in [2.75, 3.05) is 13.2 Å². The van der Waals surface area contributed by atoms with Crippen LogP contribution in [0.2, 0.25) is 0 Å². The van der Waals surface area contributed by atoms with Crippen molar-refractivity contribution >= 4 is 5.91 Å². The molecule has 0 radical (unpaired) electrons. The zero-order chi connectivity index (χ0) is 8.27. The molecule has 11 heavy (non-hydrogen) atoms. The Morgan fingerprint density at radius 2 is 2.18 bits per heavy atom. The predicted octanol–water partition coefficient (Wildman–Crippen LogP) is 0.806. The fraction of sp³-hybridized carbons (Fsp3) is 0.833. The Hall–Kier alpha value is -0.710. The van der Waals surface area contributed by atoms with E-state index in [4.69, 9.17) is 4.84 Å². The summed E-state index contributed by atoms with van der Waals surface area (Å²) in [6, 6.07) is 0. The van der Waals surface area contributed by atoms with E-state index in [1.54, 1.807) is 0 Å². The van der Waals surface area contributed by atoms with Gasteiger partial charge in [-0.15, -0.1) is 0 Å². The van der Waals surface area contributed by atoms with Crippen molar-refractivity contribution in [3.63, 3.8) is 0 Å². The second-order valence-electron chi connectivity index (χ2n) is 2.28. The molecule has 0 spiro atoms. The molecular formula is C6H9F2NO2. The fourth-order valence-electron chi connectivity index (χ4n) is 0.879. The molecule has 1 rings (SSSR count). The van der Waals surface area contributed by atoms with Gasteiger partial charge in [0.05, 0.1) is 6.61 Å². The van der Waals surface area contributed by atoms with E-state index in [9.17, 15) is 13.6 Å². The van der Waals surface area contributed by atoms with Gasteiger partial charge in [-0.1, -0.05) is 0 Å². The van der Waals surface area contributed by atoms with Crippen molar-refractivity contribution in [1.29, 1.82) is 0 Å². The number of hydrogen-bond acceptors (Lipinski definition) is 2. The minimum atomic E-state index is -2.95. The lowest BCUT2D eigenvalue weighted by Gasteiger charge is -2.25. The van der Waals surface area contributed by atoms with Crippen molar-refractivity contribution in [1.82, 2.24) is 5.06 Å². The van der Waals surface area contributed by atoms with Crippen LogP contribution in [-0.4, -0.2) is 30.5 Å². The minimum Gasteiger partial charge on any atom is -0.271 e. The van der Waals surface area contributed by atoms with Crippen molar-refractivity contribution in [2.24, 2.45) is 0 Å². The summed E-state index contributed by atoms with van der Waals surface area (Å²) >= 11 is 0. The van der Waals surface area contributed by atoms with E-state index in [1.165, 1.54) is 0 Å². The Balaban J connectivity index is 2.39. The average Bonchev–Trinajstić information content (AvgIpc) is 2.05. The maximum Gasteiger partial charge on any atom is 0.317 e. The Kier molecular flexibility index (Phi) is 2.76. The van der Waals surface area contributed by atoms with Gasteiger partial charge in [-0.25, -0.2) is 5.06 Å². The molecule has 1 fully saturated rings. The highest BCUT2D eigenvalue weighted by Crippen LogP contribution is 2.09. The molecule has 0 unspecified atom stereocenters. The van der Waals surface area contributed by atoms with Gasteiger partial charge in [0.25, 0.3) is 0 Å². The van der Waals surface area contributed by atoms with Gasteiger partial charge >= 0.3 is 12.3 Å². The lowest BCUT2D eigenvalue weighted by molar-refractivity contribution is -0.207.